The van der Waals surface area contributed by atoms with Crippen molar-refractivity contribution in [2.24, 2.45) is 0 Å². The van der Waals surface area contributed by atoms with Gasteiger partial charge in [-0.25, -0.2) is 0 Å². The Balaban J connectivity index is 2.61. The summed E-state index contributed by atoms with van der Waals surface area (Å²) >= 11 is 0. The summed E-state index contributed by atoms with van der Waals surface area (Å²) in [6, 6.07) is 4.49. The maximum absolute atomic E-state index is 11.7. The first-order chi connectivity index (χ1) is 8.43. The number of nitrogens with one attached hydrogen (secondary N) is 2. The van der Waals surface area contributed by atoms with Crippen molar-refractivity contribution < 1.29 is 4.79 Å². The molecule has 1 amide bonds. The zero-order valence-electron chi connectivity index (χ0n) is 12.1. The van der Waals surface area contributed by atoms with Crippen LogP contribution in [-0.2, 0) is 4.79 Å². The lowest BCUT2D eigenvalue weighted by atomic mass is 10.1. The zero-order chi connectivity index (χ0) is 13.7. The molecule has 0 radical (unpaired) electrons. The summed E-state index contributed by atoms with van der Waals surface area (Å²) in [6.07, 6.45) is 0.953. The van der Waals surface area contributed by atoms with E-state index in [-0.39, 0.29) is 11.9 Å². The molecule has 0 aliphatic heterocycles. The minimum Gasteiger partial charge on any atom is -0.376 e. The van der Waals surface area contributed by atoms with Crippen LogP contribution in [0.15, 0.2) is 12.1 Å². The average molecular weight is 248 g/mol. The molecule has 3 heteroatoms. The van der Waals surface area contributed by atoms with Gasteiger partial charge in [-0.1, -0.05) is 24.6 Å². The molecular weight excluding hydrogens is 224 g/mol. The Hall–Kier alpha value is -1.51. The highest BCUT2D eigenvalue weighted by Crippen LogP contribution is 2.21. The smallest absolute Gasteiger partial charge is 0.239 e. The van der Waals surface area contributed by atoms with Gasteiger partial charge in [-0.15, -0.1) is 0 Å². The van der Waals surface area contributed by atoms with Crippen molar-refractivity contribution in [2.45, 2.75) is 47.1 Å². The molecule has 1 aromatic rings. The Morgan fingerprint density at radius 1 is 1.22 bits per heavy atom. The summed E-state index contributed by atoms with van der Waals surface area (Å²) in [6.45, 7) is 10.6. The fourth-order valence-corrected chi connectivity index (χ4v) is 2.06. The number of hydrogen-bond donors (Lipinski definition) is 2. The standard InChI is InChI=1S/C15H24N2O/c1-6-13(5)17-14(18)9-16-15-11(3)7-10(2)8-12(15)4/h7-8,13,16H,6,9H2,1-5H3,(H,17,18). The Bertz CT molecular complexity index is 403. The van der Waals surface area contributed by atoms with Crippen molar-refractivity contribution in [1.29, 1.82) is 0 Å². The molecule has 0 aliphatic carbocycles. The van der Waals surface area contributed by atoms with Crippen LogP contribution in [0.1, 0.15) is 37.0 Å². The molecule has 1 rings (SSSR count). The second-order valence-electron chi connectivity index (χ2n) is 5.00. The summed E-state index contributed by atoms with van der Waals surface area (Å²) in [5.74, 6) is 0.0451. The first-order valence-corrected chi connectivity index (χ1v) is 6.55. The Morgan fingerprint density at radius 3 is 2.28 bits per heavy atom. The monoisotopic (exact) mass is 248 g/mol. The van der Waals surface area contributed by atoms with Gasteiger partial charge in [-0.05, 0) is 45.2 Å². The molecule has 0 spiro atoms. The fraction of sp³-hybridized carbons (Fsp3) is 0.533. The summed E-state index contributed by atoms with van der Waals surface area (Å²) < 4.78 is 0. The Labute approximate surface area is 110 Å². The number of carbonyl (C=O) groups excluding carboxylic acids is 1. The van der Waals surface area contributed by atoms with Crippen LogP contribution in [0.3, 0.4) is 0 Å². The van der Waals surface area contributed by atoms with Crippen molar-refractivity contribution >= 4 is 11.6 Å². The number of rotatable bonds is 5. The summed E-state index contributed by atoms with van der Waals surface area (Å²) in [4.78, 5) is 11.7. The lowest BCUT2D eigenvalue weighted by Crippen LogP contribution is -2.36. The van der Waals surface area contributed by atoms with Crippen LogP contribution in [0.5, 0.6) is 0 Å². The number of hydrogen-bond acceptors (Lipinski definition) is 2. The Kier molecular flexibility index (Phi) is 5.20. The molecule has 3 nitrogen and oxygen atoms in total. The molecule has 1 aromatic carbocycles. The van der Waals surface area contributed by atoms with Gasteiger partial charge in [0.2, 0.25) is 5.91 Å². The van der Waals surface area contributed by atoms with Gasteiger partial charge in [-0.3, -0.25) is 4.79 Å². The van der Waals surface area contributed by atoms with Gasteiger partial charge < -0.3 is 10.6 Å². The van der Waals surface area contributed by atoms with E-state index in [0.717, 1.165) is 12.1 Å². The van der Waals surface area contributed by atoms with Crippen LogP contribution in [-0.4, -0.2) is 18.5 Å². The van der Waals surface area contributed by atoms with Gasteiger partial charge in [0.25, 0.3) is 0 Å². The van der Waals surface area contributed by atoms with E-state index >= 15 is 0 Å². The fourth-order valence-electron chi connectivity index (χ4n) is 2.06. The highest BCUT2D eigenvalue weighted by atomic mass is 16.1. The van der Waals surface area contributed by atoms with E-state index in [4.69, 9.17) is 0 Å². The van der Waals surface area contributed by atoms with E-state index in [1.807, 2.05) is 6.92 Å². The number of aryl methyl sites for hydroxylation is 3. The highest BCUT2D eigenvalue weighted by Gasteiger charge is 2.07. The molecule has 2 N–H and O–H groups in total. The predicted octanol–water partition coefficient (Wildman–Crippen LogP) is 2.94. The zero-order valence-corrected chi connectivity index (χ0v) is 12.1. The third-order valence-electron chi connectivity index (χ3n) is 3.12. The van der Waals surface area contributed by atoms with Crippen LogP contribution < -0.4 is 10.6 Å². The number of anilines is 1. The van der Waals surface area contributed by atoms with Crippen molar-refractivity contribution in [3.05, 3.63) is 28.8 Å². The molecular formula is C15H24N2O. The molecule has 1 unspecified atom stereocenters. The lowest BCUT2D eigenvalue weighted by molar-refractivity contribution is -0.120. The van der Waals surface area contributed by atoms with E-state index < -0.39 is 0 Å². The van der Waals surface area contributed by atoms with Crippen LogP contribution in [0.4, 0.5) is 5.69 Å². The molecule has 100 valence electrons. The number of amides is 1. The third-order valence-corrected chi connectivity index (χ3v) is 3.12. The van der Waals surface area contributed by atoms with E-state index in [1.54, 1.807) is 0 Å². The van der Waals surface area contributed by atoms with Gasteiger partial charge in [0.1, 0.15) is 0 Å². The maximum atomic E-state index is 11.7. The van der Waals surface area contributed by atoms with Gasteiger partial charge in [0.15, 0.2) is 0 Å². The lowest BCUT2D eigenvalue weighted by Gasteiger charge is -2.15. The maximum Gasteiger partial charge on any atom is 0.239 e. The second kappa shape index (κ2) is 6.43. The van der Waals surface area contributed by atoms with Gasteiger partial charge >= 0.3 is 0 Å². The summed E-state index contributed by atoms with van der Waals surface area (Å²) in [5.41, 5.74) is 4.69. The third kappa shape index (κ3) is 4.06. The van der Waals surface area contributed by atoms with Crippen molar-refractivity contribution in [3.63, 3.8) is 0 Å². The Morgan fingerprint density at radius 2 is 1.78 bits per heavy atom. The van der Waals surface area contributed by atoms with E-state index in [9.17, 15) is 4.79 Å². The van der Waals surface area contributed by atoms with E-state index in [2.05, 4.69) is 50.5 Å². The van der Waals surface area contributed by atoms with Crippen LogP contribution >= 0.6 is 0 Å². The van der Waals surface area contributed by atoms with E-state index in [0.29, 0.717) is 6.54 Å². The minimum absolute atomic E-state index is 0.0451. The van der Waals surface area contributed by atoms with E-state index in [1.165, 1.54) is 16.7 Å². The van der Waals surface area contributed by atoms with Crippen LogP contribution in [0, 0.1) is 20.8 Å². The van der Waals surface area contributed by atoms with Crippen molar-refractivity contribution in [3.8, 4) is 0 Å². The van der Waals surface area contributed by atoms with Gasteiger partial charge in [-0.2, -0.15) is 0 Å². The first kappa shape index (κ1) is 14.6. The van der Waals surface area contributed by atoms with Gasteiger partial charge in [0.05, 0.1) is 6.54 Å². The normalized spacial score (nSPS) is 12.1. The molecule has 0 heterocycles. The molecule has 0 aromatic heterocycles. The SMILES string of the molecule is CCC(C)NC(=O)CNc1c(C)cc(C)cc1C. The van der Waals surface area contributed by atoms with Crippen LogP contribution in [0.2, 0.25) is 0 Å². The minimum atomic E-state index is 0.0451. The molecule has 0 saturated heterocycles. The average Bonchev–Trinajstić information content (AvgIpc) is 2.27. The van der Waals surface area contributed by atoms with Crippen molar-refractivity contribution in [2.75, 3.05) is 11.9 Å². The molecule has 0 aliphatic rings. The molecule has 1 atom stereocenters. The van der Waals surface area contributed by atoms with Crippen molar-refractivity contribution in [1.82, 2.24) is 5.32 Å². The summed E-state index contributed by atoms with van der Waals surface area (Å²) in [7, 11) is 0. The number of carbonyl (C=O) groups is 1. The quantitative estimate of drug-likeness (QED) is 0.841. The predicted molar refractivity (Wildman–Crippen MR) is 77.0 cm³/mol. The highest BCUT2D eigenvalue weighted by molar-refractivity contribution is 5.81. The second-order valence-corrected chi connectivity index (χ2v) is 5.00. The number of benzene rings is 1. The first-order valence-electron chi connectivity index (χ1n) is 6.55. The van der Waals surface area contributed by atoms with Crippen LogP contribution in [0.25, 0.3) is 0 Å². The molecule has 0 bridgehead atoms. The largest absolute Gasteiger partial charge is 0.376 e. The molecule has 0 saturated carbocycles. The molecule has 0 fully saturated rings. The molecule has 18 heavy (non-hydrogen) atoms. The topological polar surface area (TPSA) is 41.1 Å². The van der Waals surface area contributed by atoms with Gasteiger partial charge in [0, 0.05) is 11.7 Å². The summed E-state index contributed by atoms with van der Waals surface area (Å²) in [5, 5.41) is 6.17.